The molecule has 1 aromatic heterocycles. The van der Waals surface area contributed by atoms with E-state index in [9.17, 15) is 8.78 Å². The maximum absolute atomic E-state index is 13.6. The predicted octanol–water partition coefficient (Wildman–Crippen LogP) is 5.46. The van der Waals surface area contributed by atoms with Crippen LogP contribution in [0.3, 0.4) is 0 Å². The lowest BCUT2D eigenvalue weighted by atomic mass is 10.2. The second-order valence-electron chi connectivity index (χ2n) is 4.35. The third kappa shape index (κ3) is 2.54. The summed E-state index contributed by atoms with van der Waals surface area (Å²) in [6.45, 7) is 0. The van der Waals surface area contributed by atoms with Gasteiger partial charge < -0.3 is 0 Å². The van der Waals surface area contributed by atoms with Gasteiger partial charge in [0.05, 0.1) is 27.6 Å². The largest absolute Gasteiger partial charge is 0.294 e. The van der Waals surface area contributed by atoms with Crippen molar-refractivity contribution in [2.24, 2.45) is 0 Å². The molecule has 108 valence electrons. The highest BCUT2D eigenvalue weighted by atomic mass is 79.9. The van der Waals surface area contributed by atoms with Crippen molar-refractivity contribution in [1.82, 2.24) is 9.55 Å². The van der Waals surface area contributed by atoms with Gasteiger partial charge in [0.1, 0.15) is 17.5 Å². The number of aromatic nitrogens is 2. The van der Waals surface area contributed by atoms with Crippen LogP contribution in [0.4, 0.5) is 8.78 Å². The molecule has 3 aromatic rings. The van der Waals surface area contributed by atoms with Gasteiger partial charge in [-0.15, -0.1) is 11.6 Å². The fourth-order valence-corrected chi connectivity index (χ4v) is 3.01. The van der Waals surface area contributed by atoms with Gasteiger partial charge in [0, 0.05) is 10.5 Å². The Morgan fingerprint density at radius 2 is 1.95 bits per heavy atom. The number of fused-ring (bicyclic) bond motifs is 1. The lowest BCUT2D eigenvalue weighted by Crippen LogP contribution is -2.00. The zero-order chi connectivity index (χ0) is 15.1. The van der Waals surface area contributed by atoms with E-state index in [1.165, 1.54) is 24.3 Å². The highest BCUT2D eigenvalue weighted by Crippen LogP contribution is 2.31. The first-order valence-electron chi connectivity index (χ1n) is 5.89. The van der Waals surface area contributed by atoms with E-state index < -0.39 is 5.82 Å². The van der Waals surface area contributed by atoms with Crippen molar-refractivity contribution in [2.75, 3.05) is 0 Å². The summed E-state index contributed by atoms with van der Waals surface area (Å²) in [7, 11) is 0. The van der Waals surface area contributed by atoms with E-state index in [2.05, 4.69) is 20.9 Å². The lowest BCUT2D eigenvalue weighted by Gasteiger charge is -2.10. The summed E-state index contributed by atoms with van der Waals surface area (Å²) in [5.74, 6) is -0.280. The number of hydrogen-bond donors (Lipinski definition) is 0. The molecule has 21 heavy (non-hydrogen) atoms. The number of rotatable bonds is 2. The molecule has 0 atom stereocenters. The molecule has 2 nitrogen and oxygen atoms in total. The third-order valence-corrected chi connectivity index (χ3v) is 4.20. The molecule has 0 unspecified atom stereocenters. The maximum Gasteiger partial charge on any atom is 0.144 e. The average Bonchev–Trinajstić information content (AvgIpc) is 2.77. The minimum Gasteiger partial charge on any atom is -0.294 e. The molecule has 3 rings (SSSR count). The highest BCUT2D eigenvalue weighted by molar-refractivity contribution is 9.10. The van der Waals surface area contributed by atoms with Crippen LogP contribution in [0.5, 0.6) is 0 Å². The molecule has 0 saturated carbocycles. The second kappa shape index (κ2) is 5.55. The van der Waals surface area contributed by atoms with E-state index >= 15 is 0 Å². The minimum absolute atomic E-state index is 0.0111. The van der Waals surface area contributed by atoms with Crippen LogP contribution in [0.15, 0.2) is 34.8 Å². The lowest BCUT2D eigenvalue weighted by molar-refractivity contribution is 0.626. The molecule has 0 aliphatic rings. The molecule has 0 N–H and O–H groups in total. The molecule has 1 heterocycles. The number of imidazole rings is 1. The summed E-state index contributed by atoms with van der Waals surface area (Å²) in [4.78, 5) is 4.29. The molecule has 0 aliphatic heterocycles. The Labute approximate surface area is 137 Å². The number of nitrogens with zero attached hydrogens (tertiary/aromatic N) is 2. The fourth-order valence-electron chi connectivity index (χ4n) is 2.14. The highest BCUT2D eigenvalue weighted by Gasteiger charge is 2.16. The van der Waals surface area contributed by atoms with Gasteiger partial charge >= 0.3 is 0 Å². The van der Waals surface area contributed by atoms with Gasteiger partial charge in [0.2, 0.25) is 0 Å². The molecule has 0 amide bonds. The smallest absolute Gasteiger partial charge is 0.144 e. The van der Waals surface area contributed by atoms with E-state index in [-0.39, 0.29) is 16.7 Å². The van der Waals surface area contributed by atoms with Crippen molar-refractivity contribution in [3.63, 3.8) is 0 Å². The van der Waals surface area contributed by atoms with Gasteiger partial charge in [-0.3, -0.25) is 4.57 Å². The van der Waals surface area contributed by atoms with E-state index in [1.807, 2.05) is 0 Å². The summed E-state index contributed by atoms with van der Waals surface area (Å²) in [5, 5.41) is -0.0111. The number of alkyl halides is 1. The van der Waals surface area contributed by atoms with Gasteiger partial charge in [-0.2, -0.15) is 0 Å². The van der Waals surface area contributed by atoms with Crippen molar-refractivity contribution < 1.29 is 8.78 Å². The van der Waals surface area contributed by atoms with Crippen LogP contribution in [-0.2, 0) is 5.88 Å². The Hall–Kier alpha value is -1.17. The van der Waals surface area contributed by atoms with Crippen molar-refractivity contribution >= 4 is 50.2 Å². The zero-order valence-electron chi connectivity index (χ0n) is 10.4. The molecular weight excluding hydrogens is 385 g/mol. The number of hydrogen-bond acceptors (Lipinski definition) is 1. The van der Waals surface area contributed by atoms with Gasteiger partial charge in [0.15, 0.2) is 0 Å². The first-order valence-corrected chi connectivity index (χ1v) is 7.59. The monoisotopic (exact) mass is 390 g/mol. The molecule has 7 heteroatoms. The van der Waals surface area contributed by atoms with Crippen LogP contribution in [0.2, 0.25) is 5.02 Å². The topological polar surface area (TPSA) is 17.8 Å². The van der Waals surface area contributed by atoms with Crippen LogP contribution in [0.1, 0.15) is 5.82 Å². The molecule has 2 aromatic carbocycles. The van der Waals surface area contributed by atoms with Crippen molar-refractivity contribution in [3.05, 3.63) is 57.3 Å². The summed E-state index contributed by atoms with van der Waals surface area (Å²) in [6.07, 6.45) is 0. The van der Waals surface area contributed by atoms with E-state index in [4.69, 9.17) is 23.2 Å². The maximum atomic E-state index is 13.6. The predicted molar refractivity (Wildman–Crippen MR) is 83.3 cm³/mol. The normalized spacial score (nSPS) is 11.3. The van der Waals surface area contributed by atoms with Crippen LogP contribution < -0.4 is 0 Å². The van der Waals surface area contributed by atoms with Crippen molar-refractivity contribution in [3.8, 4) is 5.69 Å². The Balaban J connectivity index is 2.37. The van der Waals surface area contributed by atoms with Crippen molar-refractivity contribution in [2.45, 2.75) is 5.88 Å². The molecule has 0 radical (unpaired) electrons. The Morgan fingerprint density at radius 3 is 2.62 bits per heavy atom. The quantitative estimate of drug-likeness (QED) is 0.530. The fraction of sp³-hybridized carbons (Fsp3) is 0.0714. The van der Waals surface area contributed by atoms with E-state index in [1.54, 1.807) is 10.6 Å². The van der Waals surface area contributed by atoms with Crippen LogP contribution in [0.25, 0.3) is 16.7 Å². The Morgan fingerprint density at radius 1 is 1.19 bits per heavy atom. The van der Waals surface area contributed by atoms with Crippen molar-refractivity contribution in [1.29, 1.82) is 0 Å². The number of benzene rings is 2. The Kier molecular flexibility index (Phi) is 3.90. The first-order chi connectivity index (χ1) is 10.0. The van der Waals surface area contributed by atoms with Crippen LogP contribution >= 0.6 is 39.1 Å². The van der Waals surface area contributed by atoms with E-state index in [0.29, 0.717) is 27.0 Å². The molecule has 0 fully saturated rings. The minimum atomic E-state index is -0.548. The Bertz CT molecular complexity index is 849. The summed E-state index contributed by atoms with van der Waals surface area (Å²) < 4.78 is 29.1. The van der Waals surface area contributed by atoms with Gasteiger partial charge in [-0.25, -0.2) is 13.8 Å². The first kappa shape index (κ1) is 14.8. The van der Waals surface area contributed by atoms with E-state index in [0.717, 1.165) is 0 Å². The standard InChI is InChI=1S/C14H7BrCl2F2N2/c15-8-3-7(18)1-2-12(8)21-13-4-9(17)10(19)5-11(13)20-14(21)6-16/h1-5H,6H2. The third-order valence-electron chi connectivity index (χ3n) is 3.04. The molecule has 0 aliphatic carbocycles. The summed E-state index contributed by atoms with van der Waals surface area (Å²) in [6, 6.07) is 6.99. The second-order valence-corrected chi connectivity index (χ2v) is 5.88. The summed E-state index contributed by atoms with van der Waals surface area (Å²) in [5.41, 5.74) is 1.69. The zero-order valence-corrected chi connectivity index (χ0v) is 13.5. The molecule has 0 bridgehead atoms. The average molecular weight is 392 g/mol. The van der Waals surface area contributed by atoms with Crippen LogP contribution in [0, 0.1) is 11.6 Å². The molecule has 0 saturated heterocycles. The van der Waals surface area contributed by atoms with Gasteiger partial charge in [-0.1, -0.05) is 11.6 Å². The summed E-state index contributed by atoms with van der Waals surface area (Å²) >= 11 is 15.1. The molecule has 0 spiro atoms. The number of halogens is 5. The SMILES string of the molecule is Fc1ccc(-n2c(CCl)nc3cc(F)c(Cl)cc32)c(Br)c1. The molecular formula is C14H7BrCl2F2N2. The van der Waals surface area contributed by atoms with Crippen LogP contribution in [-0.4, -0.2) is 9.55 Å². The van der Waals surface area contributed by atoms with Gasteiger partial charge in [0.25, 0.3) is 0 Å². The van der Waals surface area contributed by atoms with Gasteiger partial charge in [-0.05, 0) is 40.2 Å².